The normalized spacial score (nSPS) is 32.9. The van der Waals surface area contributed by atoms with Crippen molar-refractivity contribution in [1.82, 2.24) is 4.98 Å². The largest absolute Gasteiger partial charge is 0.507 e. The first-order valence-corrected chi connectivity index (χ1v) is 26.3. The molecule has 1 heterocycles. The second-order valence-electron chi connectivity index (χ2n) is 27.7. The first-order valence-electron chi connectivity index (χ1n) is 26.3. The van der Waals surface area contributed by atoms with Gasteiger partial charge in [-0.05, 0) is 193 Å². The van der Waals surface area contributed by atoms with Crippen LogP contribution < -0.4 is 4.74 Å². The van der Waals surface area contributed by atoms with E-state index in [1.807, 2.05) is 0 Å². The van der Waals surface area contributed by atoms with Crippen LogP contribution in [-0.2, 0) is 36.7 Å². The molecule has 8 aliphatic carbocycles. The van der Waals surface area contributed by atoms with Gasteiger partial charge in [-0.2, -0.15) is 0 Å². The van der Waals surface area contributed by atoms with E-state index in [1.165, 1.54) is 60.8 Å². The Balaban J connectivity index is 0.00000225. The fourth-order valence-electron chi connectivity index (χ4n) is 19.6. The van der Waals surface area contributed by atoms with Gasteiger partial charge >= 0.3 is 0 Å². The summed E-state index contributed by atoms with van der Waals surface area (Å²) in [6, 6.07) is 26.8. The zero-order valence-corrected chi connectivity index (χ0v) is 49.9. The summed E-state index contributed by atoms with van der Waals surface area (Å²) in [5.41, 5.74) is 16.0. The monoisotopic (exact) mass is 1120 g/mol. The third-order valence-corrected chi connectivity index (χ3v) is 19.0. The molecule has 4 nitrogen and oxygen atoms in total. The Labute approximate surface area is 448 Å². The van der Waals surface area contributed by atoms with Gasteiger partial charge in [0.2, 0.25) is 0 Å². The SMILES string of the molecule is COc1cc(-c2cc(C(C)C)ccc2-c2cc(C)cc(C34CC5(C)CC(C)(CC(C)(C5)C3)C4)c2O)nc(-c2cc(C(C)C)ccc2-c2cc(C)cc(C34CC5(C)CC(C)(CC(C)(C5)C3)C4)c2O)c1.[CH3-].[CH3-].[Hf]. The average molecular weight is 1120 g/mol. The number of hydrogen-bond acceptors (Lipinski definition) is 4. The summed E-state index contributed by atoms with van der Waals surface area (Å²) in [4.78, 5) is 5.66. The number of methoxy groups -OCH3 is 1. The van der Waals surface area contributed by atoms with Gasteiger partial charge in [-0.3, -0.25) is 0 Å². The van der Waals surface area contributed by atoms with Crippen LogP contribution in [0.4, 0.5) is 0 Å². The topological polar surface area (TPSA) is 62.6 Å². The first-order chi connectivity index (χ1) is 31.8. The summed E-state index contributed by atoms with van der Waals surface area (Å²) in [7, 11) is 1.75. The van der Waals surface area contributed by atoms with E-state index in [9.17, 15) is 10.2 Å². The van der Waals surface area contributed by atoms with Gasteiger partial charge in [0.1, 0.15) is 17.2 Å². The predicted molar refractivity (Wildman–Crippen MR) is 294 cm³/mol. The Morgan fingerprint density at radius 2 is 0.746 bits per heavy atom. The van der Waals surface area contributed by atoms with Gasteiger partial charge in [0.15, 0.2) is 0 Å². The molecule has 0 unspecified atom stereocenters. The molecule has 13 rings (SSSR count). The van der Waals surface area contributed by atoms with Gasteiger partial charge in [-0.15, -0.1) is 0 Å². The summed E-state index contributed by atoms with van der Waals surface area (Å²) < 4.78 is 6.20. The molecule has 0 saturated heterocycles. The quantitative estimate of drug-likeness (QED) is 0.114. The molecule has 0 radical (unpaired) electrons. The van der Waals surface area contributed by atoms with E-state index in [0.717, 1.165) is 100 Å². The van der Waals surface area contributed by atoms with Crippen molar-refractivity contribution < 1.29 is 40.8 Å². The van der Waals surface area contributed by atoms with Gasteiger partial charge in [0.25, 0.3) is 0 Å². The molecule has 0 amide bonds. The van der Waals surface area contributed by atoms with Crippen molar-refractivity contribution in [2.45, 2.75) is 183 Å². The molecule has 5 aromatic rings. The second-order valence-corrected chi connectivity index (χ2v) is 27.7. The maximum Gasteiger partial charge on any atom is 0.127 e. The number of phenolic OH excluding ortho intramolecular Hbond substituents is 2. The summed E-state index contributed by atoms with van der Waals surface area (Å²) in [5, 5.41) is 25.8. The number of pyridine rings is 1. The molecule has 8 saturated carbocycles. The van der Waals surface area contributed by atoms with Crippen molar-refractivity contribution in [3.8, 4) is 62.0 Å². The van der Waals surface area contributed by atoms with E-state index >= 15 is 0 Å². The Kier molecular flexibility index (Phi) is 13.2. The van der Waals surface area contributed by atoms with Gasteiger partial charge in [-0.1, -0.05) is 106 Å². The number of aromatic nitrogens is 1. The fourth-order valence-corrected chi connectivity index (χ4v) is 19.6. The molecule has 0 aliphatic heterocycles. The maximum absolute atomic E-state index is 12.9. The van der Waals surface area contributed by atoms with Crippen LogP contribution in [0.15, 0.2) is 72.8 Å². The zero-order valence-electron chi connectivity index (χ0n) is 46.3. The van der Waals surface area contributed by atoms with E-state index in [-0.39, 0.29) is 84.0 Å². The number of ether oxygens (including phenoxy) is 1. The van der Waals surface area contributed by atoms with Gasteiger partial charge in [-0.25, -0.2) is 4.98 Å². The van der Waals surface area contributed by atoms with Crippen molar-refractivity contribution in [2.24, 2.45) is 32.5 Å². The van der Waals surface area contributed by atoms with E-state index < -0.39 is 0 Å². The standard InChI is InChI=1S/C64H79NO3.2CH3.Hf/c1-38(2)42-14-16-45(49-18-40(5)20-51(55(49)66)63-32-57(7)26-58(8,33-63)28-59(9,27-57)34-63)47(22-42)53-24-44(68-13)25-54(65-53)48-23-43(39(3)4)15-17-46(48)50-19-41(6)21-52(56(50)67)64-35-60(10)29-61(11,36-64)31-62(12,30-60)37-64;;;/h14-25,38-39,66-67H,26-37H2,1-13H3;2*1H3;/q;2*-1;. The average Bonchev–Trinajstić information content (AvgIpc) is 3.21. The number of aryl methyl sites for hydroxylation is 2. The minimum Gasteiger partial charge on any atom is -0.507 e. The van der Waals surface area contributed by atoms with Crippen LogP contribution in [0.1, 0.15) is 192 Å². The number of hydrogen-bond donors (Lipinski definition) is 2. The van der Waals surface area contributed by atoms with Gasteiger partial charge < -0.3 is 29.8 Å². The Morgan fingerprint density at radius 3 is 1.03 bits per heavy atom. The van der Waals surface area contributed by atoms with E-state index in [1.54, 1.807) is 7.11 Å². The molecular weight excluding hydrogens is 1030 g/mol. The molecule has 8 fully saturated rings. The molecule has 8 aliphatic rings. The molecule has 1 aromatic heterocycles. The van der Waals surface area contributed by atoms with Crippen LogP contribution >= 0.6 is 0 Å². The van der Waals surface area contributed by atoms with E-state index in [0.29, 0.717) is 23.3 Å². The van der Waals surface area contributed by atoms with Crippen LogP contribution in [-0.4, -0.2) is 22.3 Å². The minimum atomic E-state index is -0.0557. The molecule has 0 spiro atoms. The summed E-state index contributed by atoms with van der Waals surface area (Å²) in [5.74, 6) is 2.17. The van der Waals surface area contributed by atoms with E-state index in [4.69, 9.17) is 9.72 Å². The summed E-state index contributed by atoms with van der Waals surface area (Å²) in [6.07, 6.45) is 14.5. The molecule has 0 atom stereocenters. The number of benzene rings is 4. The number of phenols is 2. The minimum absolute atomic E-state index is 0. The second kappa shape index (κ2) is 17.4. The van der Waals surface area contributed by atoms with Crippen molar-refractivity contribution in [1.29, 1.82) is 0 Å². The molecule has 2 N–H and O–H groups in total. The first kappa shape index (κ1) is 53.6. The molecular formula is C66H85HfNO3-2. The van der Waals surface area contributed by atoms with Gasteiger partial charge in [0, 0.05) is 82.2 Å². The molecule has 378 valence electrons. The third-order valence-electron chi connectivity index (χ3n) is 19.0. The number of rotatable bonds is 9. The van der Waals surface area contributed by atoms with Gasteiger partial charge in [0.05, 0.1) is 18.5 Å². The Bertz CT molecular complexity index is 2620. The van der Waals surface area contributed by atoms with Crippen LogP contribution in [0.5, 0.6) is 17.2 Å². The van der Waals surface area contributed by atoms with Crippen LogP contribution in [0.25, 0.3) is 44.8 Å². The number of aromatic hydroxyl groups is 2. The smallest absolute Gasteiger partial charge is 0.127 e. The van der Waals surface area contributed by atoms with Crippen LogP contribution in [0.2, 0.25) is 0 Å². The molecule has 8 bridgehead atoms. The van der Waals surface area contributed by atoms with Crippen molar-refractivity contribution in [2.75, 3.05) is 7.11 Å². The van der Waals surface area contributed by atoms with Crippen LogP contribution in [0, 0.1) is 61.2 Å². The van der Waals surface area contributed by atoms with Crippen molar-refractivity contribution >= 4 is 0 Å². The molecule has 71 heavy (non-hydrogen) atoms. The number of nitrogens with zero attached hydrogens (tertiary/aromatic N) is 1. The van der Waals surface area contributed by atoms with Crippen molar-refractivity contribution in [3.63, 3.8) is 0 Å². The Morgan fingerprint density at radius 1 is 0.437 bits per heavy atom. The Hall–Kier alpha value is -3.70. The predicted octanol–water partition coefficient (Wildman–Crippen LogP) is 18.2. The molecule has 4 aromatic carbocycles. The molecule has 5 heteroatoms. The summed E-state index contributed by atoms with van der Waals surface area (Å²) >= 11 is 0. The zero-order chi connectivity index (χ0) is 48.4. The maximum atomic E-state index is 12.9. The third kappa shape index (κ3) is 8.82. The van der Waals surface area contributed by atoms with Crippen molar-refractivity contribution in [3.05, 3.63) is 121 Å². The van der Waals surface area contributed by atoms with Crippen LogP contribution in [0.3, 0.4) is 0 Å². The van der Waals surface area contributed by atoms with E-state index in [2.05, 4.69) is 156 Å². The fraction of sp³-hybridized carbons (Fsp3) is 0.530. The summed E-state index contributed by atoms with van der Waals surface area (Å²) in [6.45, 7) is 28.6.